The lowest BCUT2D eigenvalue weighted by Crippen LogP contribution is -2.03. The third kappa shape index (κ3) is 7.76. The summed E-state index contributed by atoms with van der Waals surface area (Å²) in [7, 11) is 0. The first kappa shape index (κ1) is 38.6. The highest BCUT2D eigenvalue weighted by atomic mass is 14.9. The molecule has 4 bridgehead atoms. The minimum absolute atomic E-state index is 0.709. The largest absolute Gasteiger partial charge is 0.256 e. The number of hydrogen-bond acceptors (Lipinski definition) is 3. The molecule has 0 aliphatic rings. The monoisotopic (exact) mass is 817 g/mol. The summed E-state index contributed by atoms with van der Waals surface area (Å²) in [5.41, 5.74) is 15.0. The fraction of sp³-hybridized carbons (Fsp3) is 0.0328. The maximum atomic E-state index is 5.41. The highest BCUT2D eigenvalue weighted by Crippen LogP contribution is 2.39. The zero-order valence-corrected chi connectivity index (χ0v) is 35.5. The molecule has 0 unspecified atom stereocenters. The van der Waals surface area contributed by atoms with Crippen molar-refractivity contribution in [1.29, 1.82) is 0 Å². The van der Waals surface area contributed by atoms with E-state index in [0.717, 1.165) is 79.0 Å². The number of rotatable bonds is 8. The number of nitrogens with zero attached hydrogens (tertiary/aromatic N) is 3. The van der Waals surface area contributed by atoms with E-state index in [1.54, 1.807) is 0 Å². The summed E-state index contributed by atoms with van der Waals surface area (Å²) in [6, 6.07) is 80.3. The molecule has 302 valence electrons. The lowest BCUT2D eigenvalue weighted by Gasteiger charge is -2.17. The van der Waals surface area contributed by atoms with Crippen molar-refractivity contribution < 1.29 is 0 Å². The van der Waals surface area contributed by atoms with E-state index in [2.05, 4.69) is 213 Å². The summed E-state index contributed by atoms with van der Waals surface area (Å²) in [5, 5.41) is 7.07. The number of hydrogen-bond donors (Lipinski definition) is 0. The van der Waals surface area contributed by atoms with Crippen LogP contribution in [-0.2, 0) is 6.42 Å². The fourth-order valence-corrected chi connectivity index (χ4v) is 8.85. The highest BCUT2D eigenvalue weighted by Gasteiger charge is 2.19. The Morgan fingerprint density at radius 1 is 0.328 bits per heavy atom. The summed E-state index contributed by atoms with van der Waals surface area (Å²) in [6.07, 6.45) is 2.73. The second-order valence-corrected chi connectivity index (χ2v) is 16.4. The van der Waals surface area contributed by atoms with Crippen LogP contribution in [0.3, 0.4) is 0 Å². The quantitative estimate of drug-likeness (QED) is 0.153. The van der Waals surface area contributed by atoms with Gasteiger partial charge >= 0.3 is 0 Å². The van der Waals surface area contributed by atoms with Crippen LogP contribution in [0.1, 0.15) is 12.5 Å². The summed E-state index contributed by atoms with van der Waals surface area (Å²) >= 11 is 0. The van der Waals surface area contributed by atoms with Crippen molar-refractivity contribution in [1.82, 2.24) is 15.0 Å². The fourth-order valence-electron chi connectivity index (χ4n) is 8.85. The van der Waals surface area contributed by atoms with E-state index in [1.807, 2.05) is 24.4 Å². The SMILES string of the molecule is CCc1c(-c2ccccc2)nc(-c2ccccc2)nc1-c1cc(-c2ccc(-c3cc4ccccc4cn3)cc2)cc(-c2ccc(-c3ccc4ccc5cccc(ccc3c4)c5)cc2)c1. The van der Waals surface area contributed by atoms with Gasteiger partial charge in [0.1, 0.15) is 0 Å². The van der Waals surface area contributed by atoms with Crippen molar-refractivity contribution in [3.8, 4) is 78.5 Å². The number of pyridine rings is 1. The van der Waals surface area contributed by atoms with Gasteiger partial charge in [0.2, 0.25) is 0 Å². The van der Waals surface area contributed by atoms with Crippen LogP contribution in [0.25, 0.3) is 111 Å². The first-order valence-electron chi connectivity index (χ1n) is 22.0. The van der Waals surface area contributed by atoms with E-state index in [0.29, 0.717) is 5.82 Å². The van der Waals surface area contributed by atoms with E-state index >= 15 is 0 Å². The Hall–Kier alpha value is -8.27. The van der Waals surface area contributed by atoms with Crippen LogP contribution >= 0.6 is 0 Å². The van der Waals surface area contributed by atoms with E-state index < -0.39 is 0 Å². The minimum atomic E-state index is 0.709. The molecule has 0 saturated carbocycles. The molecule has 0 spiro atoms. The van der Waals surface area contributed by atoms with Gasteiger partial charge in [0.05, 0.1) is 17.1 Å². The standard InChI is InChI=1S/C61H43N3/c1-2-56-59(48-14-5-3-6-15-48)63-61(49-16-7-4-8-17-49)64-60(56)55-37-53(36-54(38-55)45-27-31-47(32-28-45)58-39-50-18-9-10-19-52(50)40-62-58)44-25-29-46(30-26-44)57-33-23-43-21-20-41-12-11-13-42(34-41)22-24-51(57)35-43/h3-40H,2H2,1H3. The van der Waals surface area contributed by atoms with Crippen LogP contribution in [0, 0.1) is 0 Å². The number of aromatic nitrogens is 3. The van der Waals surface area contributed by atoms with Gasteiger partial charge in [0.25, 0.3) is 0 Å². The van der Waals surface area contributed by atoms with Crippen molar-refractivity contribution >= 4 is 32.3 Å². The Balaban J connectivity index is 1.06. The van der Waals surface area contributed by atoms with Crippen molar-refractivity contribution in [3.05, 3.63) is 236 Å². The Morgan fingerprint density at radius 3 is 1.53 bits per heavy atom. The maximum Gasteiger partial charge on any atom is 0.160 e. The molecule has 0 amide bonds. The predicted octanol–water partition coefficient (Wildman–Crippen LogP) is 16.1. The van der Waals surface area contributed by atoms with E-state index in [9.17, 15) is 0 Å². The third-order valence-corrected chi connectivity index (χ3v) is 12.2. The normalized spacial score (nSPS) is 11.3. The molecule has 0 radical (unpaired) electrons. The molecule has 0 aliphatic heterocycles. The van der Waals surface area contributed by atoms with Gasteiger partial charge in [0, 0.05) is 39.4 Å². The Bertz CT molecular complexity index is 3500. The molecular weight excluding hydrogens is 775 g/mol. The highest BCUT2D eigenvalue weighted by molar-refractivity contribution is 5.90. The second kappa shape index (κ2) is 16.9. The van der Waals surface area contributed by atoms with Crippen LogP contribution in [0.4, 0.5) is 0 Å². The zero-order chi connectivity index (χ0) is 42.8. The molecule has 9 aromatic carbocycles. The van der Waals surface area contributed by atoms with Crippen LogP contribution < -0.4 is 0 Å². The Kier molecular flexibility index (Phi) is 10.2. The maximum absolute atomic E-state index is 5.41. The third-order valence-electron chi connectivity index (χ3n) is 12.2. The summed E-state index contributed by atoms with van der Waals surface area (Å²) in [5.74, 6) is 0.709. The predicted molar refractivity (Wildman–Crippen MR) is 269 cm³/mol. The topological polar surface area (TPSA) is 38.7 Å². The molecule has 0 N–H and O–H groups in total. The van der Waals surface area contributed by atoms with Crippen LogP contribution in [0.5, 0.6) is 0 Å². The molecule has 0 saturated heterocycles. The second-order valence-electron chi connectivity index (χ2n) is 16.4. The molecule has 0 atom stereocenters. The lowest BCUT2D eigenvalue weighted by atomic mass is 9.91. The van der Waals surface area contributed by atoms with E-state index in [1.165, 1.54) is 38.1 Å². The Labute approximate surface area is 373 Å². The molecule has 64 heavy (non-hydrogen) atoms. The van der Waals surface area contributed by atoms with Crippen LogP contribution in [0.15, 0.2) is 231 Å². The molecule has 0 aliphatic carbocycles. The van der Waals surface area contributed by atoms with Crippen LogP contribution in [0.2, 0.25) is 0 Å². The first-order chi connectivity index (χ1) is 31.6. The molecule has 11 aromatic rings. The van der Waals surface area contributed by atoms with Gasteiger partial charge in [-0.1, -0.05) is 195 Å². The number of fused-ring (bicyclic) bond motifs is 5. The lowest BCUT2D eigenvalue weighted by molar-refractivity contribution is 1.06. The number of benzene rings is 8. The molecule has 3 heteroatoms. The molecule has 0 fully saturated rings. The van der Waals surface area contributed by atoms with Crippen molar-refractivity contribution in [2.75, 3.05) is 0 Å². The van der Waals surface area contributed by atoms with Gasteiger partial charge in [-0.05, 0) is 103 Å². The summed E-state index contributed by atoms with van der Waals surface area (Å²) in [4.78, 5) is 15.5. The van der Waals surface area contributed by atoms with E-state index in [4.69, 9.17) is 15.0 Å². The zero-order valence-electron chi connectivity index (χ0n) is 35.5. The van der Waals surface area contributed by atoms with Gasteiger partial charge < -0.3 is 0 Å². The molecular formula is C61H43N3. The average Bonchev–Trinajstić information content (AvgIpc) is 3.37. The molecule has 2 heterocycles. The van der Waals surface area contributed by atoms with Gasteiger partial charge in [-0.3, -0.25) is 4.98 Å². The minimum Gasteiger partial charge on any atom is -0.256 e. The van der Waals surface area contributed by atoms with E-state index in [-0.39, 0.29) is 0 Å². The van der Waals surface area contributed by atoms with Gasteiger partial charge in [-0.2, -0.15) is 0 Å². The van der Waals surface area contributed by atoms with Crippen molar-refractivity contribution in [3.63, 3.8) is 0 Å². The van der Waals surface area contributed by atoms with Crippen molar-refractivity contribution in [2.24, 2.45) is 0 Å². The van der Waals surface area contributed by atoms with Gasteiger partial charge in [-0.15, -0.1) is 0 Å². The van der Waals surface area contributed by atoms with Crippen LogP contribution in [-0.4, -0.2) is 15.0 Å². The summed E-state index contributed by atoms with van der Waals surface area (Å²) < 4.78 is 0. The van der Waals surface area contributed by atoms with Crippen molar-refractivity contribution in [2.45, 2.75) is 13.3 Å². The summed E-state index contributed by atoms with van der Waals surface area (Å²) in [6.45, 7) is 2.20. The molecule has 11 rings (SSSR count). The average molecular weight is 818 g/mol. The van der Waals surface area contributed by atoms with Gasteiger partial charge in [0.15, 0.2) is 5.82 Å². The smallest absolute Gasteiger partial charge is 0.160 e. The molecule has 2 aromatic heterocycles. The molecule has 3 nitrogen and oxygen atoms in total. The first-order valence-corrected chi connectivity index (χ1v) is 22.0. The Morgan fingerprint density at radius 2 is 0.859 bits per heavy atom. The van der Waals surface area contributed by atoms with Gasteiger partial charge in [-0.25, -0.2) is 9.97 Å².